The van der Waals surface area contributed by atoms with E-state index < -0.39 is 5.97 Å². The van der Waals surface area contributed by atoms with Gasteiger partial charge in [-0.1, -0.05) is 6.07 Å². The Hall–Kier alpha value is -1.42. The van der Waals surface area contributed by atoms with Crippen LogP contribution in [0.1, 0.15) is 21.7 Å². The summed E-state index contributed by atoms with van der Waals surface area (Å²) in [6.45, 7) is 1.41. The van der Waals surface area contributed by atoms with Gasteiger partial charge >= 0.3 is 5.97 Å². The van der Waals surface area contributed by atoms with Crippen molar-refractivity contribution in [3.8, 4) is 0 Å². The van der Waals surface area contributed by atoms with Crippen LogP contribution in [0.4, 0.5) is 0 Å². The zero-order valence-corrected chi connectivity index (χ0v) is 6.61. The van der Waals surface area contributed by atoms with E-state index in [2.05, 4.69) is 4.98 Å². The molecule has 1 heterocycles. The van der Waals surface area contributed by atoms with Gasteiger partial charge in [0, 0.05) is 11.3 Å². The molecule has 1 aromatic rings. The summed E-state index contributed by atoms with van der Waals surface area (Å²) in [5.74, 6) is -1.11. The molecule has 0 aliphatic rings. The molecule has 0 saturated carbocycles. The van der Waals surface area contributed by atoms with E-state index >= 15 is 0 Å². The Labute approximate surface area is 69.5 Å². The van der Waals surface area contributed by atoms with Crippen molar-refractivity contribution in [1.29, 1.82) is 0 Å². The van der Waals surface area contributed by atoms with Crippen molar-refractivity contribution in [2.24, 2.45) is 0 Å². The van der Waals surface area contributed by atoms with Gasteiger partial charge in [0.1, 0.15) is 0 Å². The Bertz CT molecular complexity index is 309. The molecule has 4 heteroatoms. The fraction of sp³-hybridized carbons (Fsp3) is 0.250. The minimum absolute atomic E-state index is 0.0718. The number of aryl methyl sites for hydroxylation is 1. The molecule has 4 nitrogen and oxygen atoms in total. The Morgan fingerprint density at radius 2 is 2.25 bits per heavy atom. The van der Waals surface area contributed by atoms with Crippen molar-refractivity contribution in [3.63, 3.8) is 0 Å². The minimum Gasteiger partial charge on any atom is -0.477 e. The average Bonchev–Trinajstić information content (AvgIpc) is 2.04. The van der Waals surface area contributed by atoms with Crippen LogP contribution < -0.4 is 0 Å². The normalized spacial score (nSPS) is 9.83. The van der Waals surface area contributed by atoms with Gasteiger partial charge in [-0.2, -0.15) is 0 Å². The van der Waals surface area contributed by atoms with Crippen LogP contribution in [0.5, 0.6) is 0 Å². The standard InChI is InChI=1S/C8H9NO3/c1-5-2-3-6(4-10)7(9-5)8(11)12/h2-3,10H,4H2,1H3,(H,11,12). The van der Waals surface area contributed by atoms with Crippen LogP contribution in [-0.4, -0.2) is 21.2 Å². The van der Waals surface area contributed by atoms with Crippen molar-refractivity contribution in [3.05, 3.63) is 29.1 Å². The van der Waals surface area contributed by atoms with E-state index in [4.69, 9.17) is 10.2 Å². The number of aromatic nitrogens is 1. The summed E-state index contributed by atoms with van der Waals surface area (Å²) in [5, 5.41) is 17.4. The highest BCUT2D eigenvalue weighted by molar-refractivity contribution is 5.87. The van der Waals surface area contributed by atoms with Crippen molar-refractivity contribution in [1.82, 2.24) is 4.98 Å². The van der Waals surface area contributed by atoms with Crippen molar-refractivity contribution in [2.75, 3.05) is 0 Å². The maximum Gasteiger partial charge on any atom is 0.354 e. The number of aromatic carboxylic acids is 1. The summed E-state index contributed by atoms with van der Waals surface area (Å²) < 4.78 is 0. The fourth-order valence-corrected chi connectivity index (χ4v) is 0.898. The van der Waals surface area contributed by atoms with Crippen molar-refractivity contribution in [2.45, 2.75) is 13.5 Å². The van der Waals surface area contributed by atoms with Crippen molar-refractivity contribution >= 4 is 5.97 Å². The molecule has 0 saturated heterocycles. The number of carboxylic acids is 1. The Morgan fingerprint density at radius 1 is 1.58 bits per heavy atom. The lowest BCUT2D eigenvalue weighted by atomic mass is 10.2. The monoisotopic (exact) mass is 167 g/mol. The van der Waals surface area contributed by atoms with Crippen LogP contribution >= 0.6 is 0 Å². The summed E-state index contributed by atoms with van der Waals surface area (Å²) in [5.41, 5.74) is 0.898. The van der Waals surface area contributed by atoms with E-state index in [1.807, 2.05) is 0 Å². The first kappa shape index (κ1) is 8.67. The number of aliphatic hydroxyl groups excluding tert-OH is 1. The zero-order chi connectivity index (χ0) is 9.14. The summed E-state index contributed by atoms with van der Waals surface area (Å²) >= 11 is 0. The third kappa shape index (κ3) is 1.60. The van der Waals surface area contributed by atoms with E-state index in [9.17, 15) is 4.79 Å². The molecule has 0 atom stereocenters. The molecular formula is C8H9NO3. The smallest absolute Gasteiger partial charge is 0.354 e. The molecule has 0 aliphatic heterocycles. The van der Waals surface area contributed by atoms with Crippen LogP contribution in [0.3, 0.4) is 0 Å². The van der Waals surface area contributed by atoms with Gasteiger partial charge in [0.2, 0.25) is 0 Å². The quantitative estimate of drug-likeness (QED) is 0.675. The van der Waals surface area contributed by atoms with Gasteiger partial charge < -0.3 is 10.2 Å². The molecule has 0 spiro atoms. The first-order valence-corrected chi connectivity index (χ1v) is 3.46. The number of carboxylic acid groups (broad SMARTS) is 1. The van der Waals surface area contributed by atoms with Crippen LogP contribution in [0.25, 0.3) is 0 Å². The maximum atomic E-state index is 10.6. The molecule has 0 radical (unpaired) electrons. The molecule has 2 N–H and O–H groups in total. The summed E-state index contributed by atoms with van der Waals surface area (Å²) in [7, 11) is 0. The molecule has 64 valence electrons. The largest absolute Gasteiger partial charge is 0.477 e. The van der Waals surface area contributed by atoms with E-state index in [-0.39, 0.29) is 12.3 Å². The van der Waals surface area contributed by atoms with Crippen LogP contribution in [-0.2, 0) is 6.61 Å². The average molecular weight is 167 g/mol. The highest BCUT2D eigenvalue weighted by atomic mass is 16.4. The highest BCUT2D eigenvalue weighted by Crippen LogP contribution is 2.07. The van der Waals surface area contributed by atoms with Gasteiger partial charge in [-0.3, -0.25) is 0 Å². The van der Waals surface area contributed by atoms with E-state index in [1.165, 1.54) is 0 Å². The molecule has 1 rings (SSSR count). The lowest BCUT2D eigenvalue weighted by Crippen LogP contribution is -2.06. The summed E-state index contributed by atoms with van der Waals surface area (Å²) in [6.07, 6.45) is 0. The summed E-state index contributed by atoms with van der Waals surface area (Å²) in [4.78, 5) is 14.3. The predicted octanol–water partition coefficient (Wildman–Crippen LogP) is 0.581. The molecule has 0 bridgehead atoms. The number of rotatable bonds is 2. The molecule has 0 unspecified atom stereocenters. The van der Waals surface area contributed by atoms with Gasteiger partial charge in [-0.25, -0.2) is 9.78 Å². The van der Waals surface area contributed by atoms with Gasteiger partial charge in [-0.05, 0) is 13.0 Å². The van der Waals surface area contributed by atoms with E-state index in [1.54, 1.807) is 19.1 Å². The molecule has 0 aliphatic carbocycles. The Morgan fingerprint density at radius 3 is 2.75 bits per heavy atom. The number of hydrogen-bond acceptors (Lipinski definition) is 3. The van der Waals surface area contributed by atoms with Crippen LogP contribution in [0.2, 0.25) is 0 Å². The molecular weight excluding hydrogens is 158 g/mol. The molecule has 1 aromatic heterocycles. The third-order valence-electron chi connectivity index (χ3n) is 1.49. The molecule has 12 heavy (non-hydrogen) atoms. The second kappa shape index (κ2) is 3.32. The molecule has 0 fully saturated rings. The third-order valence-corrected chi connectivity index (χ3v) is 1.49. The lowest BCUT2D eigenvalue weighted by molar-refractivity contribution is 0.0686. The second-order valence-corrected chi connectivity index (χ2v) is 2.42. The molecule has 0 aromatic carbocycles. The number of pyridine rings is 1. The van der Waals surface area contributed by atoms with E-state index in [0.29, 0.717) is 11.3 Å². The first-order chi connectivity index (χ1) is 5.65. The highest BCUT2D eigenvalue weighted by Gasteiger charge is 2.10. The van der Waals surface area contributed by atoms with Gasteiger partial charge in [-0.15, -0.1) is 0 Å². The maximum absolute atomic E-state index is 10.6. The second-order valence-electron chi connectivity index (χ2n) is 2.42. The molecule has 0 amide bonds. The fourth-order valence-electron chi connectivity index (χ4n) is 0.898. The van der Waals surface area contributed by atoms with Crippen LogP contribution in [0, 0.1) is 6.92 Å². The van der Waals surface area contributed by atoms with Crippen LogP contribution in [0.15, 0.2) is 12.1 Å². The van der Waals surface area contributed by atoms with Gasteiger partial charge in [0.25, 0.3) is 0 Å². The number of aliphatic hydroxyl groups is 1. The van der Waals surface area contributed by atoms with E-state index in [0.717, 1.165) is 0 Å². The number of hydrogen-bond donors (Lipinski definition) is 2. The topological polar surface area (TPSA) is 70.4 Å². The van der Waals surface area contributed by atoms with Gasteiger partial charge in [0.15, 0.2) is 5.69 Å². The number of nitrogens with zero attached hydrogens (tertiary/aromatic N) is 1. The summed E-state index contributed by atoms with van der Waals surface area (Å²) in [6, 6.07) is 3.23. The predicted molar refractivity (Wildman–Crippen MR) is 41.9 cm³/mol. The Kier molecular flexibility index (Phi) is 2.40. The minimum atomic E-state index is -1.11. The number of carbonyl (C=O) groups is 1. The van der Waals surface area contributed by atoms with Gasteiger partial charge in [0.05, 0.1) is 6.61 Å². The lowest BCUT2D eigenvalue weighted by Gasteiger charge is -2.01. The first-order valence-electron chi connectivity index (χ1n) is 3.46. The zero-order valence-electron chi connectivity index (χ0n) is 6.61. The van der Waals surface area contributed by atoms with Crippen molar-refractivity contribution < 1.29 is 15.0 Å². The SMILES string of the molecule is Cc1ccc(CO)c(C(=O)O)n1. The Balaban J connectivity index is 3.21.